The van der Waals surface area contributed by atoms with Crippen molar-refractivity contribution in [1.29, 1.82) is 0 Å². The zero-order valence-corrected chi connectivity index (χ0v) is 20.2. The highest BCUT2D eigenvalue weighted by Gasteiger charge is 2.25. The molecule has 3 aromatic rings. The van der Waals surface area contributed by atoms with Gasteiger partial charge in [0.05, 0.1) is 28.6 Å². The number of nitrogens with zero attached hydrogens (tertiary/aromatic N) is 2. The number of sulfonamides is 1. The van der Waals surface area contributed by atoms with Crippen LogP contribution in [0.1, 0.15) is 39.0 Å². The molecule has 2 aromatic heterocycles. The molecule has 0 aliphatic heterocycles. The summed E-state index contributed by atoms with van der Waals surface area (Å²) in [5.41, 5.74) is 1.42. The van der Waals surface area contributed by atoms with Crippen LogP contribution in [0.4, 0.5) is 17.5 Å². The van der Waals surface area contributed by atoms with E-state index in [1.165, 1.54) is 25.6 Å². The van der Waals surface area contributed by atoms with Crippen molar-refractivity contribution in [3.05, 3.63) is 36.5 Å². The summed E-state index contributed by atoms with van der Waals surface area (Å²) in [4.78, 5) is 23.0. The summed E-state index contributed by atoms with van der Waals surface area (Å²) in [5, 5.41) is 7.71. The third-order valence-electron chi connectivity index (χ3n) is 5.85. The number of aromatic amines is 2. The van der Waals surface area contributed by atoms with Crippen LogP contribution in [0.3, 0.4) is 0 Å². The molecule has 4 rings (SSSR count). The van der Waals surface area contributed by atoms with E-state index in [1.54, 1.807) is 12.1 Å². The highest BCUT2D eigenvalue weighted by Crippen LogP contribution is 2.26. The van der Waals surface area contributed by atoms with Crippen LogP contribution in [0.2, 0.25) is 0 Å². The standard InChI is InChI=1S/C23H30N6O4S/c1-3-4-14-33-20(30)15-29(2)34(31,32)18-10-8-17(9-11-18)26-23-27-21-19(12-13-24-21)22(28-23)25-16-6-5-7-16/h8-13,16H,3-7,14-15H2,1-2H3,(H3,24,25,26,27,28)/p+1. The maximum Gasteiger partial charge on any atom is 0.351 e. The van der Waals surface area contributed by atoms with Crippen LogP contribution >= 0.6 is 0 Å². The maximum atomic E-state index is 12.8. The van der Waals surface area contributed by atoms with Gasteiger partial charge in [-0.1, -0.05) is 18.3 Å². The van der Waals surface area contributed by atoms with Crippen LogP contribution in [0.15, 0.2) is 41.4 Å². The highest BCUT2D eigenvalue weighted by molar-refractivity contribution is 7.89. The molecule has 0 spiro atoms. The van der Waals surface area contributed by atoms with Crippen molar-refractivity contribution >= 4 is 44.5 Å². The molecule has 0 radical (unpaired) electrons. The number of unbranched alkanes of at least 4 members (excludes halogenated alkanes) is 1. The summed E-state index contributed by atoms with van der Waals surface area (Å²) in [6.07, 6.45) is 7.01. The van der Waals surface area contributed by atoms with E-state index in [0.717, 1.165) is 46.8 Å². The molecule has 182 valence electrons. The van der Waals surface area contributed by atoms with E-state index in [0.29, 0.717) is 24.3 Å². The van der Waals surface area contributed by atoms with Crippen LogP contribution in [-0.2, 0) is 19.6 Å². The molecule has 4 N–H and O–H groups in total. The molecule has 1 fully saturated rings. The molecule has 1 saturated carbocycles. The topological polar surface area (TPSA) is 131 Å². The van der Waals surface area contributed by atoms with Crippen LogP contribution in [0.25, 0.3) is 11.0 Å². The fourth-order valence-corrected chi connectivity index (χ4v) is 4.70. The molecular formula is C23H31N6O4S+. The third kappa shape index (κ3) is 5.48. The average Bonchev–Trinajstić information content (AvgIpc) is 3.25. The molecule has 2 heterocycles. The first kappa shape index (κ1) is 24.0. The van der Waals surface area contributed by atoms with E-state index in [1.807, 2.05) is 19.2 Å². The Balaban J connectivity index is 1.44. The molecule has 11 heteroatoms. The van der Waals surface area contributed by atoms with E-state index in [-0.39, 0.29) is 11.4 Å². The Bertz CT molecular complexity index is 1240. The second kappa shape index (κ2) is 10.4. The number of ether oxygens (including phenoxy) is 1. The monoisotopic (exact) mass is 487 g/mol. The fraction of sp³-hybridized carbons (Fsp3) is 0.435. The SMILES string of the molecule is CCCCOC(=O)CN(C)S(=O)(=O)c1ccc(Nc2nc3[nH]ccc3c(NC3CCC3)[nH+]2)cc1. The molecule has 0 bridgehead atoms. The van der Waals surface area contributed by atoms with Gasteiger partial charge in [0.2, 0.25) is 21.5 Å². The van der Waals surface area contributed by atoms with Gasteiger partial charge in [-0.3, -0.25) is 10.1 Å². The lowest BCUT2D eigenvalue weighted by Crippen LogP contribution is -2.33. The molecular weight excluding hydrogens is 456 g/mol. The maximum absolute atomic E-state index is 12.8. The summed E-state index contributed by atoms with van der Waals surface area (Å²) in [6.45, 7) is 1.94. The Morgan fingerprint density at radius 1 is 1.26 bits per heavy atom. The first-order valence-corrected chi connectivity index (χ1v) is 13.0. The van der Waals surface area contributed by atoms with Gasteiger partial charge in [-0.05, 0) is 56.0 Å². The molecule has 0 atom stereocenters. The van der Waals surface area contributed by atoms with Crippen molar-refractivity contribution in [3.63, 3.8) is 0 Å². The quantitative estimate of drug-likeness (QED) is 0.280. The zero-order chi connectivity index (χ0) is 24.1. The number of aromatic nitrogens is 3. The number of carbonyl (C=O) groups is 1. The van der Waals surface area contributed by atoms with Gasteiger partial charge in [-0.25, -0.2) is 13.4 Å². The molecule has 34 heavy (non-hydrogen) atoms. The van der Waals surface area contributed by atoms with Gasteiger partial charge in [0.1, 0.15) is 6.54 Å². The zero-order valence-electron chi connectivity index (χ0n) is 19.4. The second-order valence-electron chi connectivity index (χ2n) is 8.46. The van der Waals surface area contributed by atoms with Crippen molar-refractivity contribution in [3.8, 4) is 0 Å². The van der Waals surface area contributed by atoms with Crippen LogP contribution < -0.4 is 15.6 Å². The normalized spacial score (nSPS) is 14.2. The van der Waals surface area contributed by atoms with Crippen LogP contribution in [0, 0.1) is 0 Å². The van der Waals surface area contributed by atoms with E-state index >= 15 is 0 Å². The number of hydrogen-bond acceptors (Lipinski definition) is 7. The minimum Gasteiger partial charge on any atom is -0.465 e. The van der Waals surface area contributed by atoms with E-state index in [2.05, 4.69) is 25.6 Å². The van der Waals surface area contributed by atoms with Gasteiger partial charge in [-0.2, -0.15) is 4.31 Å². The van der Waals surface area contributed by atoms with Crippen LogP contribution in [0.5, 0.6) is 0 Å². The number of benzene rings is 1. The summed E-state index contributed by atoms with van der Waals surface area (Å²) >= 11 is 0. The number of rotatable bonds is 11. The lowest BCUT2D eigenvalue weighted by molar-refractivity contribution is -0.346. The number of likely N-dealkylation sites (N-methyl/N-ethyl adjacent to an activating group) is 1. The van der Waals surface area contributed by atoms with Crippen molar-refractivity contribution in [2.24, 2.45) is 0 Å². The van der Waals surface area contributed by atoms with Crippen molar-refractivity contribution < 1.29 is 22.9 Å². The van der Waals surface area contributed by atoms with Gasteiger partial charge in [0, 0.05) is 13.2 Å². The predicted octanol–water partition coefficient (Wildman–Crippen LogP) is 3.05. The van der Waals surface area contributed by atoms with Gasteiger partial charge in [0.25, 0.3) is 0 Å². The number of nitrogens with one attached hydrogen (secondary N) is 4. The molecule has 0 unspecified atom stereocenters. The Kier molecular flexibility index (Phi) is 7.32. The molecule has 0 saturated heterocycles. The fourth-order valence-electron chi connectivity index (χ4n) is 3.58. The Hall–Kier alpha value is -3.18. The van der Waals surface area contributed by atoms with Crippen molar-refractivity contribution in [2.75, 3.05) is 30.8 Å². The summed E-state index contributed by atoms with van der Waals surface area (Å²) in [7, 11) is -2.46. The first-order valence-electron chi connectivity index (χ1n) is 11.5. The van der Waals surface area contributed by atoms with Gasteiger partial charge in [0.15, 0.2) is 0 Å². The van der Waals surface area contributed by atoms with E-state index in [4.69, 9.17) is 4.74 Å². The minimum absolute atomic E-state index is 0.0889. The Morgan fingerprint density at radius 3 is 2.71 bits per heavy atom. The van der Waals surface area contributed by atoms with Crippen LogP contribution in [-0.4, -0.2) is 54.9 Å². The minimum atomic E-state index is -3.83. The number of esters is 1. The predicted molar refractivity (Wildman–Crippen MR) is 129 cm³/mol. The first-order chi connectivity index (χ1) is 16.4. The lowest BCUT2D eigenvalue weighted by atomic mass is 9.93. The average molecular weight is 488 g/mol. The summed E-state index contributed by atoms with van der Waals surface area (Å²) in [6, 6.07) is 8.74. The molecule has 10 nitrogen and oxygen atoms in total. The number of H-pyrrole nitrogens is 2. The summed E-state index contributed by atoms with van der Waals surface area (Å²) < 4.78 is 31.7. The van der Waals surface area contributed by atoms with Gasteiger partial charge >= 0.3 is 11.9 Å². The molecule has 1 aliphatic carbocycles. The second-order valence-corrected chi connectivity index (χ2v) is 10.5. The largest absolute Gasteiger partial charge is 0.465 e. The van der Waals surface area contributed by atoms with Gasteiger partial charge < -0.3 is 15.0 Å². The Morgan fingerprint density at radius 2 is 2.03 bits per heavy atom. The van der Waals surface area contributed by atoms with Crippen molar-refractivity contribution in [2.45, 2.75) is 50.0 Å². The smallest absolute Gasteiger partial charge is 0.351 e. The number of anilines is 3. The number of hydrogen-bond donors (Lipinski definition) is 3. The van der Waals surface area contributed by atoms with Gasteiger partial charge in [-0.15, -0.1) is 0 Å². The molecule has 1 aliphatic rings. The van der Waals surface area contributed by atoms with Crippen molar-refractivity contribution in [1.82, 2.24) is 14.3 Å². The molecule has 0 amide bonds. The Labute approximate surface area is 199 Å². The van der Waals surface area contributed by atoms with E-state index in [9.17, 15) is 13.2 Å². The summed E-state index contributed by atoms with van der Waals surface area (Å²) in [5.74, 6) is 0.856. The third-order valence-corrected chi connectivity index (χ3v) is 7.67. The molecule has 1 aromatic carbocycles. The lowest BCUT2D eigenvalue weighted by Gasteiger charge is -2.24. The number of fused-ring (bicyclic) bond motifs is 1. The highest BCUT2D eigenvalue weighted by atomic mass is 32.2. The van der Waals surface area contributed by atoms with E-state index < -0.39 is 16.0 Å². The number of carbonyl (C=O) groups excluding carboxylic acids is 1.